The number of unbranched alkanes of at least 4 members (excludes halogenated alkanes) is 1. The first-order valence-corrected chi connectivity index (χ1v) is 9.02. The van der Waals surface area contributed by atoms with Gasteiger partial charge in [-0.2, -0.15) is 0 Å². The second-order valence-corrected chi connectivity index (χ2v) is 7.65. The monoisotopic (exact) mass is 313 g/mol. The number of amides is 1. The van der Waals surface area contributed by atoms with E-state index in [9.17, 15) is 17.6 Å². The molecular formula is C15H20FNO3S. The zero-order valence-electron chi connectivity index (χ0n) is 12.1. The van der Waals surface area contributed by atoms with Crippen molar-refractivity contribution in [1.29, 1.82) is 0 Å². The summed E-state index contributed by atoms with van der Waals surface area (Å²) in [5.41, 5.74) is 0.274. The van der Waals surface area contributed by atoms with Crippen LogP contribution < -0.4 is 0 Å². The van der Waals surface area contributed by atoms with E-state index in [2.05, 4.69) is 0 Å². The van der Waals surface area contributed by atoms with Gasteiger partial charge in [-0.15, -0.1) is 0 Å². The molecule has 116 valence electrons. The van der Waals surface area contributed by atoms with E-state index < -0.39 is 15.7 Å². The molecule has 0 unspecified atom stereocenters. The second kappa shape index (κ2) is 6.56. The van der Waals surface area contributed by atoms with Crippen LogP contribution in [0.4, 0.5) is 4.39 Å². The lowest BCUT2D eigenvalue weighted by Gasteiger charge is -2.28. The van der Waals surface area contributed by atoms with Crippen LogP contribution in [0.3, 0.4) is 0 Å². The van der Waals surface area contributed by atoms with Gasteiger partial charge in [-0.3, -0.25) is 4.79 Å². The van der Waals surface area contributed by atoms with Crippen molar-refractivity contribution in [3.63, 3.8) is 0 Å². The van der Waals surface area contributed by atoms with Crippen LogP contribution in [0.5, 0.6) is 0 Å². The van der Waals surface area contributed by atoms with Crippen LogP contribution in [0.1, 0.15) is 36.5 Å². The molecule has 0 radical (unpaired) electrons. The van der Waals surface area contributed by atoms with Gasteiger partial charge in [-0.05, 0) is 31.0 Å². The first kappa shape index (κ1) is 15.9. The van der Waals surface area contributed by atoms with Crippen molar-refractivity contribution in [2.24, 2.45) is 0 Å². The Morgan fingerprint density at radius 2 is 2.19 bits per heavy atom. The molecule has 0 N–H and O–H groups in total. The maximum absolute atomic E-state index is 13.3. The third-order valence-electron chi connectivity index (χ3n) is 3.73. The second-order valence-electron chi connectivity index (χ2n) is 5.42. The maximum atomic E-state index is 13.3. The molecule has 6 heteroatoms. The summed E-state index contributed by atoms with van der Waals surface area (Å²) >= 11 is 0. The summed E-state index contributed by atoms with van der Waals surface area (Å²) in [6.45, 7) is 2.52. The number of halogens is 1. The van der Waals surface area contributed by atoms with Gasteiger partial charge in [0.25, 0.3) is 5.91 Å². The zero-order chi connectivity index (χ0) is 15.5. The fourth-order valence-electron chi connectivity index (χ4n) is 2.59. The highest BCUT2D eigenvalue weighted by Gasteiger charge is 2.34. The van der Waals surface area contributed by atoms with Crippen molar-refractivity contribution in [3.05, 3.63) is 35.6 Å². The highest BCUT2D eigenvalue weighted by molar-refractivity contribution is 7.91. The molecule has 1 amide bonds. The predicted molar refractivity (Wildman–Crippen MR) is 79.4 cm³/mol. The minimum atomic E-state index is -3.06. The van der Waals surface area contributed by atoms with E-state index in [0.717, 1.165) is 12.8 Å². The third-order valence-corrected chi connectivity index (χ3v) is 5.48. The highest BCUT2D eigenvalue weighted by Crippen LogP contribution is 2.21. The van der Waals surface area contributed by atoms with Crippen molar-refractivity contribution in [2.45, 2.75) is 32.2 Å². The average molecular weight is 313 g/mol. The Hall–Kier alpha value is -1.43. The van der Waals surface area contributed by atoms with Gasteiger partial charge in [0.2, 0.25) is 0 Å². The minimum Gasteiger partial charge on any atom is -0.335 e. The van der Waals surface area contributed by atoms with Crippen molar-refractivity contribution in [3.8, 4) is 0 Å². The smallest absolute Gasteiger partial charge is 0.254 e. The fraction of sp³-hybridized carbons (Fsp3) is 0.533. The normalized spacial score (nSPS) is 20.4. The topological polar surface area (TPSA) is 54.5 Å². The molecule has 2 rings (SSSR count). The molecule has 1 saturated heterocycles. The Labute approximate surface area is 124 Å². The van der Waals surface area contributed by atoms with Crippen LogP contribution in [0, 0.1) is 5.82 Å². The highest BCUT2D eigenvalue weighted by atomic mass is 32.2. The van der Waals surface area contributed by atoms with E-state index >= 15 is 0 Å². The van der Waals surface area contributed by atoms with Crippen molar-refractivity contribution in [2.75, 3.05) is 18.1 Å². The molecule has 1 atom stereocenters. The standard InChI is InChI=1S/C15H20FNO3S/c1-2-3-8-17(14-7-9-21(19,20)11-14)15(18)12-5-4-6-13(16)10-12/h4-6,10,14H,2-3,7-9,11H2,1H3/t14-/m0/s1. The number of hydrogen-bond acceptors (Lipinski definition) is 3. The van der Waals surface area contributed by atoms with Gasteiger partial charge in [0.1, 0.15) is 5.82 Å². The molecule has 0 aliphatic carbocycles. The van der Waals surface area contributed by atoms with E-state index in [-0.39, 0.29) is 29.0 Å². The van der Waals surface area contributed by atoms with Gasteiger partial charge in [-0.25, -0.2) is 12.8 Å². The number of nitrogens with zero attached hydrogens (tertiary/aromatic N) is 1. The Morgan fingerprint density at radius 1 is 1.43 bits per heavy atom. The summed E-state index contributed by atoms with van der Waals surface area (Å²) in [4.78, 5) is 14.2. The number of hydrogen-bond donors (Lipinski definition) is 0. The van der Waals surface area contributed by atoms with E-state index in [1.807, 2.05) is 6.92 Å². The first-order valence-electron chi connectivity index (χ1n) is 7.20. The van der Waals surface area contributed by atoms with Crippen molar-refractivity contribution >= 4 is 15.7 Å². The van der Waals surface area contributed by atoms with Crippen LogP contribution in [0.25, 0.3) is 0 Å². The molecule has 0 spiro atoms. The molecule has 1 aromatic carbocycles. The summed E-state index contributed by atoms with van der Waals surface area (Å²) in [6.07, 6.45) is 2.18. The van der Waals surface area contributed by atoms with E-state index in [1.165, 1.54) is 18.2 Å². The molecule has 1 fully saturated rings. The molecule has 1 aliphatic heterocycles. The molecule has 1 aliphatic rings. The number of rotatable bonds is 5. The summed E-state index contributed by atoms with van der Waals surface area (Å²) in [6, 6.07) is 5.25. The average Bonchev–Trinajstić information content (AvgIpc) is 2.79. The lowest BCUT2D eigenvalue weighted by atomic mass is 10.1. The van der Waals surface area contributed by atoms with E-state index in [4.69, 9.17) is 0 Å². The molecule has 21 heavy (non-hydrogen) atoms. The van der Waals surface area contributed by atoms with Crippen molar-refractivity contribution in [1.82, 2.24) is 4.90 Å². The number of carbonyl (C=O) groups is 1. The van der Waals surface area contributed by atoms with Crippen molar-refractivity contribution < 1.29 is 17.6 Å². The Kier molecular flexibility index (Phi) is 4.98. The summed E-state index contributed by atoms with van der Waals surface area (Å²) < 4.78 is 36.5. The molecule has 0 bridgehead atoms. The Morgan fingerprint density at radius 3 is 2.76 bits per heavy atom. The summed E-state index contributed by atoms with van der Waals surface area (Å²) in [5.74, 6) is -0.616. The fourth-order valence-corrected chi connectivity index (χ4v) is 4.32. The minimum absolute atomic E-state index is 0.0117. The van der Waals surface area contributed by atoms with Gasteiger partial charge in [0, 0.05) is 18.2 Å². The molecular weight excluding hydrogens is 293 g/mol. The zero-order valence-corrected chi connectivity index (χ0v) is 12.9. The largest absolute Gasteiger partial charge is 0.335 e. The van der Waals surface area contributed by atoms with Crippen LogP contribution in [-0.4, -0.2) is 43.3 Å². The maximum Gasteiger partial charge on any atom is 0.254 e. The molecule has 1 heterocycles. The summed E-state index contributed by atoms with van der Waals surface area (Å²) in [7, 11) is -3.06. The van der Waals surface area contributed by atoms with E-state index in [1.54, 1.807) is 11.0 Å². The quantitative estimate of drug-likeness (QED) is 0.838. The van der Waals surface area contributed by atoms with Gasteiger partial charge >= 0.3 is 0 Å². The molecule has 0 aromatic heterocycles. The third kappa shape index (κ3) is 4.03. The Balaban J connectivity index is 2.21. The lowest BCUT2D eigenvalue weighted by Crippen LogP contribution is -2.41. The molecule has 0 saturated carbocycles. The number of sulfone groups is 1. The number of carbonyl (C=O) groups excluding carboxylic acids is 1. The first-order chi connectivity index (χ1) is 9.93. The van der Waals surface area contributed by atoms with Gasteiger partial charge in [0.15, 0.2) is 9.84 Å². The van der Waals surface area contributed by atoms with Gasteiger partial charge in [0.05, 0.1) is 11.5 Å². The van der Waals surface area contributed by atoms with E-state index in [0.29, 0.717) is 13.0 Å². The number of benzene rings is 1. The SMILES string of the molecule is CCCCN(C(=O)c1cccc(F)c1)[C@H]1CCS(=O)(=O)C1. The lowest BCUT2D eigenvalue weighted by molar-refractivity contribution is 0.0693. The van der Waals surface area contributed by atoms with Crippen LogP contribution >= 0.6 is 0 Å². The molecule has 4 nitrogen and oxygen atoms in total. The van der Waals surface area contributed by atoms with Crippen LogP contribution in [0.2, 0.25) is 0 Å². The Bertz CT molecular complexity index is 615. The van der Waals surface area contributed by atoms with Gasteiger partial charge in [-0.1, -0.05) is 19.4 Å². The van der Waals surface area contributed by atoms with Crippen LogP contribution in [0.15, 0.2) is 24.3 Å². The summed E-state index contributed by atoms with van der Waals surface area (Å²) in [5, 5.41) is 0. The molecule has 1 aromatic rings. The van der Waals surface area contributed by atoms with Crippen LogP contribution in [-0.2, 0) is 9.84 Å². The predicted octanol–water partition coefficient (Wildman–Crippen LogP) is 2.26. The van der Waals surface area contributed by atoms with Gasteiger partial charge < -0.3 is 4.90 Å².